The zero-order chi connectivity index (χ0) is 11.0. The fourth-order valence-corrected chi connectivity index (χ4v) is 3.01. The second-order valence-electron chi connectivity index (χ2n) is 4.06. The van der Waals surface area contributed by atoms with Crippen molar-refractivity contribution >= 4 is 11.3 Å². The van der Waals surface area contributed by atoms with Crippen molar-refractivity contribution in [1.29, 1.82) is 0 Å². The number of hydrogen-bond donors (Lipinski definition) is 1. The zero-order valence-corrected chi connectivity index (χ0v) is 10.00. The molecule has 0 aliphatic carbocycles. The van der Waals surface area contributed by atoms with Crippen molar-refractivity contribution in [3.8, 4) is 11.4 Å². The molecule has 4 nitrogen and oxygen atoms in total. The molecule has 1 N–H and O–H groups in total. The number of aryl methyl sites for hydroxylation is 1. The van der Waals surface area contributed by atoms with E-state index in [2.05, 4.69) is 15.8 Å². The molecule has 0 bridgehead atoms. The van der Waals surface area contributed by atoms with E-state index in [1.807, 2.05) is 24.0 Å². The third kappa shape index (κ3) is 1.66. The first-order valence-electron chi connectivity index (χ1n) is 5.52. The van der Waals surface area contributed by atoms with E-state index in [0.717, 1.165) is 17.9 Å². The predicted molar refractivity (Wildman–Crippen MR) is 64.3 cm³/mol. The van der Waals surface area contributed by atoms with Gasteiger partial charge in [-0.2, -0.15) is 5.10 Å². The van der Waals surface area contributed by atoms with Crippen molar-refractivity contribution in [3.63, 3.8) is 0 Å². The normalized spacial score (nSPS) is 20.4. The number of hydrogen-bond acceptors (Lipinski definition) is 4. The molecule has 0 aromatic carbocycles. The molecule has 1 aliphatic rings. The van der Waals surface area contributed by atoms with Crippen molar-refractivity contribution < 1.29 is 0 Å². The van der Waals surface area contributed by atoms with Gasteiger partial charge in [0.05, 0.1) is 17.4 Å². The molecule has 1 atom stereocenters. The smallest absolute Gasteiger partial charge is 0.110 e. The Hall–Kier alpha value is -1.20. The molecule has 2 aromatic rings. The molecule has 0 amide bonds. The monoisotopic (exact) mass is 234 g/mol. The SMILES string of the molecule is Cn1nccc1-c1csc(C2CCCN2)n1. The molecule has 5 heteroatoms. The summed E-state index contributed by atoms with van der Waals surface area (Å²) in [7, 11) is 1.95. The van der Waals surface area contributed by atoms with Crippen molar-refractivity contribution in [2.75, 3.05) is 6.54 Å². The van der Waals surface area contributed by atoms with E-state index < -0.39 is 0 Å². The van der Waals surface area contributed by atoms with Gasteiger partial charge in [0.15, 0.2) is 0 Å². The van der Waals surface area contributed by atoms with Gasteiger partial charge in [0.2, 0.25) is 0 Å². The topological polar surface area (TPSA) is 42.7 Å². The Balaban J connectivity index is 1.90. The Morgan fingerprint density at radius 2 is 2.50 bits per heavy atom. The minimum absolute atomic E-state index is 0.465. The van der Waals surface area contributed by atoms with Crippen LogP contribution in [0.15, 0.2) is 17.6 Å². The number of aromatic nitrogens is 3. The summed E-state index contributed by atoms with van der Waals surface area (Å²) in [6.07, 6.45) is 4.27. The molecular formula is C11H14N4S. The van der Waals surface area contributed by atoms with Crippen molar-refractivity contribution in [2.45, 2.75) is 18.9 Å². The van der Waals surface area contributed by atoms with Crippen LogP contribution in [0.5, 0.6) is 0 Å². The van der Waals surface area contributed by atoms with Gasteiger partial charge in [0.1, 0.15) is 5.01 Å². The van der Waals surface area contributed by atoms with Crippen LogP contribution >= 0.6 is 11.3 Å². The summed E-state index contributed by atoms with van der Waals surface area (Å²) in [5.74, 6) is 0. The van der Waals surface area contributed by atoms with E-state index in [9.17, 15) is 0 Å². The van der Waals surface area contributed by atoms with Crippen LogP contribution in [0.25, 0.3) is 11.4 Å². The Labute approximate surface area is 98.3 Å². The number of rotatable bonds is 2. The van der Waals surface area contributed by atoms with Gasteiger partial charge < -0.3 is 5.32 Å². The maximum atomic E-state index is 4.69. The first-order chi connectivity index (χ1) is 7.84. The van der Waals surface area contributed by atoms with Gasteiger partial charge in [0.25, 0.3) is 0 Å². The molecule has 3 rings (SSSR count). The largest absolute Gasteiger partial charge is 0.308 e. The fraction of sp³-hybridized carbons (Fsp3) is 0.455. The maximum Gasteiger partial charge on any atom is 0.110 e. The molecule has 0 spiro atoms. The van der Waals surface area contributed by atoms with E-state index in [1.165, 1.54) is 17.8 Å². The highest BCUT2D eigenvalue weighted by Gasteiger charge is 2.20. The van der Waals surface area contributed by atoms with E-state index in [-0.39, 0.29) is 0 Å². The quantitative estimate of drug-likeness (QED) is 0.864. The fourth-order valence-electron chi connectivity index (χ4n) is 2.09. The summed E-state index contributed by atoms with van der Waals surface area (Å²) in [5, 5.41) is 11.0. The van der Waals surface area contributed by atoms with Crippen molar-refractivity contribution in [1.82, 2.24) is 20.1 Å². The van der Waals surface area contributed by atoms with E-state index in [1.54, 1.807) is 11.3 Å². The molecule has 84 valence electrons. The van der Waals surface area contributed by atoms with Gasteiger partial charge in [-0.3, -0.25) is 4.68 Å². The van der Waals surface area contributed by atoms with E-state index in [4.69, 9.17) is 4.98 Å². The molecule has 0 radical (unpaired) electrons. The van der Waals surface area contributed by atoms with E-state index >= 15 is 0 Å². The van der Waals surface area contributed by atoms with Gasteiger partial charge in [-0.1, -0.05) is 0 Å². The Kier molecular flexibility index (Phi) is 2.49. The molecule has 1 unspecified atom stereocenters. The lowest BCUT2D eigenvalue weighted by Gasteiger charge is -2.04. The molecule has 3 heterocycles. The summed E-state index contributed by atoms with van der Waals surface area (Å²) >= 11 is 1.74. The minimum Gasteiger partial charge on any atom is -0.308 e. The van der Waals surface area contributed by atoms with Gasteiger partial charge in [-0.05, 0) is 25.5 Å². The second-order valence-corrected chi connectivity index (χ2v) is 4.95. The molecule has 2 aromatic heterocycles. The second kappa shape index (κ2) is 3.99. The zero-order valence-electron chi connectivity index (χ0n) is 9.18. The van der Waals surface area contributed by atoms with Crippen molar-refractivity contribution in [3.05, 3.63) is 22.7 Å². The van der Waals surface area contributed by atoms with E-state index in [0.29, 0.717) is 6.04 Å². The number of thiazole rings is 1. The molecular weight excluding hydrogens is 220 g/mol. The number of nitrogens with zero attached hydrogens (tertiary/aromatic N) is 3. The van der Waals surface area contributed by atoms with Gasteiger partial charge >= 0.3 is 0 Å². The predicted octanol–water partition coefficient (Wildman–Crippen LogP) is 1.97. The lowest BCUT2D eigenvalue weighted by atomic mass is 10.2. The Morgan fingerprint density at radius 3 is 3.19 bits per heavy atom. The third-order valence-electron chi connectivity index (χ3n) is 2.96. The summed E-state index contributed by atoms with van der Waals surface area (Å²) < 4.78 is 1.86. The maximum absolute atomic E-state index is 4.69. The lowest BCUT2D eigenvalue weighted by Crippen LogP contribution is -2.12. The Morgan fingerprint density at radius 1 is 1.56 bits per heavy atom. The molecule has 1 aliphatic heterocycles. The van der Waals surface area contributed by atoms with Crippen LogP contribution in [0.4, 0.5) is 0 Å². The first kappa shape index (κ1) is 9.99. The summed E-state index contributed by atoms with van der Waals surface area (Å²) in [4.78, 5) is 4.69. The third-order valence-corrected chi connectivity index (χ3v) is 3.92. The Bertz CT molecular complexity index is 482. The lowest BCUT2D eigenvalue weighted by molar-refractivity contribution is 0.643. The highest BCUT2D eigenvalue weighted by atomic mass is 32.1. The number of nitrogens with one attached hydrogen (secondary N) is 1. The average Bonchev–Trinajstić information content (AvgIpc) is 2.96. The van der Waals surface area contributed by atoms with Gasteiger partial charge in [-0.15, -0.1) is 11.3 Å². The van der Waals surface area contributed by atoms with Crippen LogP contribution in [-0.2, 0) is 7.05 Å². The van der Waals surface area contributed by atoms with Crippen LogP contribution in [0.2, 0.25) is 0 Å². The standard InChI is InChI=1S/C11H14N4S/c1-15-10(4-6-13-15)9-7-16-11(14-9)8-3-2-5-12-8/h4,6-8,12H,2-3,5H2,1H3. The van der Waals surface area contributed by atoms with Crippen LogP contribution in [-0.4, -0.2) is 21.3 Å². The van der Waals surface area contributed by atoms with Crippen molar-refractivity contribution in [2.24, 2.45) is 7.05 Å². The molecule has 1 fully saturated rings. The minimum atomic E-state index is 0.465. The molecule has 16 heavy (non-hydrogen) atoms. The molecule has 1 saturated heterocycles. The van der Waals surface area contributed by atoms with Crippen LogP contribution in [0, 0.1) is 0 Å². The summed E-state index contributed by atoms with van der Waals surface area (Å²) in [5.41, 5.74) is 2.12. The first-order valence-corrected chi connectivity index (χ1v) is 6.40. The summed E-state index contributed by atoms with van der Waals surface area (Å²) in [6.45, 7) is 1.12. The average molecular weight is 234 g/mol. The highest BCUT2D eigenvalue weighted by molar-refractivity contribution is 7.10. The van der Waals surface area contributed by atoms with Crippen LogP contribution in [0.3, 0.4) is 0 Å². The van der Waals surface area contributed by atoms with Crippen LogP contribution in [0.1, 0.15) is 23.9 Å². The molecule has 0 saturated carbocycles. The summed E-state index contributed by atoms with van der Waals surface area (Å²) in [6, 6.07) is 2.47. The van der Waals surface area contributed by atoms with Gasteiger partial charge in [0, 0.05) is 18.6 Å². The van der Waals surface area contributed by atoms with Gasteiger partial charge in [-0.25, -0.2) is 4.98 Å². The highest BCUT2D eigenvalue weighted by Crippen LogP contribution is 2.29. The van der Waals surface area contributed by atoms with Crippen LogP contribution < -0.4 is 5.32 Å².